The van der Waals surface area contributed by atoms with Gasteiger partial charge in [0.2, 0.25) is 11.8 Å². The number of hydrogen-bond acceptors (Lipinski definition) is 6. The summed E-state index contributed by atoms with van der Waals surface area (Å²) < 4.78 is 17.4. The lowest BCUT2D eigenvalue weighted by Crippen LogP contribution is -2.37. The Morgan fingerprint density at radius 1 is 1.00 bits per heavy atom. The van der Waals surface area contributed by atoms with E-state index in [-0.39, 0.29) is 5.91 Å². The summed E-state index contributed by atoms with van der Waals surface area (Å²) in [5.41, 5.74) is 3.08. The third-order valence-electron chi connectivity index (χ3n) is 5.94. The Bertz CT molecular complexity index is 1100. The van der Waals surface area contributed by atoms with Crippen LogP contribution in [0.5, 0.6) is 17.4 Å². The van der Waals surface area contributed by atoms with E-state index in [0.717, 1.165) is 42.5 Å². The number of hydrogen-bond donors (Lipinski definition) is 1. The van der Waals surface area contributed by atoms with Gasteiger partial charge in [-0.15, -0.1) is 0 Å². The van der Waals surface area contributed by atoms with Crippen LogP contribution in [0.1, 0.15) is 36.0 Å². The van der Waals surface area contributed by atoms with Crippen LogP contribution in [0.3, 0.4) is 0 Å². The van der Waals surface area contributed by atoms with Crippen molar-refractivity contribution in [3.8, 4) is 17.4 Å². The number of rotatable bonds is 6. The molecule has 1 aromatic heterocycles. The molecule has 2 aromatic carbocycles. The smallest absolute Gasteiger partial charge is 0.234 e. The van der Waals surface area contributed by atoms with Crippen molar-refractivity contribution in [1.29, 1.82) is 0 Å². The number of aromatic nitrogens is 1. The summed E-state index contributed by atoms with van der Waals surface area (Å²) in [5.74, 6) is 1.88. The van der Waals surface area contributed by atoms with Gasteiger partial charge in [0, 0.05) is 32.0 Å². The minimum absolute atomic E-state index is 0.0124. The largest absolute Gasteiger partial charge is 0.490 e. The Morgan fingerprint density at radius 2 is 1.80 bits per heavy atom. The van der Waals surface area contributed by atoms with Gasteiger partial charge in [-0.05, 0) is 55.1 Å². The van der Waals surface area contributed by atoms with E-state index in [1.807, 2.05) is 60.7 Å². The number of amides is 1. The number of nitrogens with zero attached hydrogens (tertiary/aromatic N) is 2. The minimum Gasteiger partial charge on any atom is -0.490 e. The lowest BCUT2D eigenvalue weighted by atomic mass is 10.1. The molecule has 0 bridgehead atoms. The molecule has 0 spiro atoms. The molecule has 7 nitrogen and oxygen atoms in total. The van der Waals surface area contributed by atoms with Crippen LogP contribution in [0, 0.1) is 0 Å². The summed E-state index contributed by atoms with van der Waals surface area (Å²) >= 11 is 0. The van der Waals surface area contributed by atoms with Crippen molar-refractivity contribution in [1.82, 2.24) is 15.2 Å². The van der Waals surface area contributed by atoms with E-state index in [0.29, 0.717) is 50.2 Å². The first-order valence-corrected chi connectivity index (χ1v) is 12.1. The number of para-hydroxylation sites is 2. The van der Waals surface area contributed by atoms with E-state index >= 15 is 0 Å². The monoisotopic (exact) mass is 475 g/mol. The molecule has 2 heterocycles. The third-order valence-corrected chi connectivity index (χ3v) is 5.94. The van der Waals surface area contributed by atoms with Crippen LogP contribution in [-0.4, -0.2) is 42.6 Å². The van der Waals surface area contributed by atoms with Crippen molar-refractivity contribution in [2.45, 2.75) is 39.0 Å². The van der Waals surface area contributed by atoms with Crippen LogP contribution in [0.2, 0.25) is 0 Å². The SMILES string of the molecule is COCc1ccccc1CNC(=O)CN1CCCCCOc2ccccc2Oc2ncccc2C1. The van der Waals surface area contributed by atoms with Crippen molar-refractivity contribution in [2.75, 3.05) is 26.8 Å². The molecule has 0 atom stereocenters. The molecule has 184 valence electrons. The van der Waals surface area contributed by atoms with Gasteiger partial charge in [-0.1, -0.05) is 42.5 Å². The normalized spacial score (nSPS) is 14.7. The van der Waals surface area contributed by atoms with E-state index in [1.54, 1.807) is 13.3 Å². The predicted molar refractivity (Wildman–Crippen MR) is 134 cm³/mol. The quantitative estimate of drug-likeness (QED) is 0.557. The molecule has 0 saturated heterocycles. The summed E-state index contributed by atoms with van der Waals surface area (Å²) in [4.78, 5) is 19.5. The lowest BCUT2D eigenvalue weighted by molar-refractivity contribution is -0.122. The fourth-order valence-corrected chi connectivity index (χ4v) is 4.12. The Labute approximate surface area is 207 Å². The number of carbonyl (C=O) groups is 1. The van der Waals surface area contributed by atoms with Crippen molar-refractivity contribution < 1.29 is 19.0 Å². The third kappa shape index (κ3) is 7.28. The molecular weight excluding hydrogens is 442 g/mol. The van der Waals surface area contributed by atoms with Crippen LogP contribution in [-0.2, 0) is 29.2 Å². The topological polar surface area (TPSA) is 72.9 Å². The summed E-state index contributed by atoms with van der Waals surface area (Å²) in [6, 6.07) is 19.6. The molecule has 0 aliphatic carbocycles. The number of ether oxygens (including phenoxy) is 3. The highest BCUT2D eigenvalue weighted by atomic mass is 16.5. The second kappa shape index (κ2) is 12.9. The minimum atomic E-state index is -0.0124. The van der Waals surface area contributed by atoms with Gasteiger partial charge in [0.1, 0.15) is 0 Å². The number of nitrogens with one attached hydrogen (secondary N) is 1. The second-order valence-corrected chi connectivity index (χ2v) is 8.61. The molecular formula is C28H33N3O4. The van der Waals surface area contributed by atoms with Gasteiger partial charge in [-0.2, -0.15) is 0 Å². The number of carbonyl (C=O) groups excluding carboxylic acids is 1. The molecule has 7 heteroatoms. The maximum absolute atomic E-state index is 12.9. The molecule has 0 fully saturated rings. The molecule has 0 unspecified atom stereocenters. The average molecular weight is 476 g/mol. The van der Waals surface area contributed by atoms with Gasteiger partial charge in [0.25, 0.3) is 0 Å². The first-order chi connectivity index (χ1) is 17.2. The molecule has 35 heavy (non-hydrogen) atoms. The number of methoxy groups -OCH3 is 1. The van der Waals surface area contributed by atoms with Crippen LogP contribution in [0.15, 0.2) is 66.9 Å². The molecule has 1 aliphatic rings. The second-order valence-electron chi connectivity index (χ2n) is 8.61. The first-order valence-electron chi connectivity index (χ1n) is 12.1. The predicted octanol–water partition coefficient (Wildman–Crippen LogP) is 4.70. The number of pyridine rings is 1. The summed E-state index contributed by atoms with van der Waals surface area (Å²) in [7, 11) is 1.68. The Morgan fingerprint density at radius 3 is 2.66 bits per heavy atom. The molecule has 1 aliphatic heterocycles. The maximum Gasteiger partial charge on any atom is 0.234 e. The standard InChI is InChI=1S/C28H33N3O4/c1-33-21-24-11-4-3-10-22(24)18-30-27(32)20-31-16-7-2-8-17-34-25-13-5-6-14-26(25)35-28-23(19-31)12-9-15-29-28/h3-6,9-15H,2,7-8,16-21H2,1H3,(H,30,32). The van der Waals surface area contributed by atoms with Crippen molar-refractivity contribution >= 4 is 5.91 Å². The van der Waals surface area contributed by atoms with Gasteiger partial charge >= 0.3 is 0 Å². The zero-order valence-electron chi connectivity index (χ0n) is 20.2. The van der Waals surface area contributed by atoms with Crippen molar-refractivity contribution in [3.05, 3.63) is 83.6 Å². The van der Waals surface area contributed by atoms with Gasteiger partial charge in [0.15, 0.2) is 11.5 Å². The zero-order valence-corrected chi connectivity index (χ0v) is 20.2. The van der Waals surface area contributed by atoms with E-state index in [4.69, 9.17) is 14.2 Å². The van der Waals surface area contributed by atoms with Gasteiger partial charge in [-0.25, -0.2) is 4.98 Å². The zero-order chi connectivity index (χ0) is 24.3. The highest BCUT2D eigenvalue weighted by Crippen LogP contribution is 2.32. The van der Waals surface area contributed by atoms with Crippen LogP contribution >= 0.6 is 0 Å². The lowest BCUT2D eigenvalue weighted by Gasteiger charge is -2.23. The molecule has 1 amide bonds. The average Bonchev–Trinajstić information content (AvgIpc) is 2.88. The first kappa shape index (κ1) is 24.7. The highest BCUT2D eigenvalue weighted by Gasteiger charge is 2.17. The van der Waals surface area contributed by atoms with Crippen molar-refractivity contribution in [2.24, 2.45) is 0 Å². The van der Waals surface area contributed by atoms with Crippen molar-refractivity contribution in [3.63, 3.8) is 0 Å². The number of benzene rings is 2. The van der Waals surface area contributed by atoms with E-state index in [2.05, 4.69) is 15.2 Å². The van der Waals surface area contributed by atoms with Crippen LogP contribution in [0.25, 0.3) is 0 Å². The van der Waals surface area contributed by atoms with Gasteiger partial charge in [-0.3, -0.25) is 9.69 Å². The number of fused-ring (bicyclic) bond motifs is 2. The maximum atomic E-state index is 12.9. The Balaban J connectivity index is 1.46. The van der Waals surface area contributed by atoms with Gasteiger partial charge < -0.3 is 19.5 Å². The van der Waals surface area contributed by atoms with Crippen LogP contribution < -0.4 is 14.8 Å². The molecule has 1 N–H and O–H groups in total. The molecule has 0 radical (unpaired) electrons. The Hall–Kier alpha value is -3.42. The van der Waals surface area contributed by atoms with E-state index in [9.17, 15) is 4.79 Å². The molecule has 0 saturated carbocycles. The Kier molecular flexibility index (Phi) is 9.09. The molecule has 3 aromatic rings. The van der Waals surface area contributed by atoms with Gasteiger partial charge in [0.05, 0.1) is 19.8 Å². The summed E-state index contributed by atoms with van der Waals surface area (Å²) in [5, 5.41) is 3.08. The van der Waals surface area contributed by atoms with E-state index < -0.39 is 0 Å². The summed E-state index contributed by atoms with van der Waals surface area (Å²) in [6.45, 7) is 3.29. The fourth-order valence-electron chi connectivity index (χ4n) is 4.12. The fraction of sp³-hybridized carbons (Fsp3) is 0.357. The highest BCUT2D eigenvalue weighted by molar-refractivity contribution is 5.78. The van der Waals surface area contributed by atoms with E-state index in [1.165, 1.54) is 0 Å². The summed E-state index contributed by atoms with van der Waals surface area (Å²) in [6.07, 6.45) is 4.65. The molecule has 4 rings (SSSR count). The van der Waals surface area contributed by atoms with Crippen LogP contribution in [0.4, 0.5) is 0 Å².